The van der Waals surface area contributed by atoms with Gasteiger partial charge in [0.25, 0.3) is 0 Å². The van der Waals surface area contributed by atoms with Crippen molar-refractivity contribution < 1.29 is 4.79 Å². The van der Waals surface area contributed by atoms with Gasteiger partial charge in [0.2, 0.25) is 0 Å². The quantitative estimate of drug-likeness (QED) is 0.809. The number of nitrogens with zero attached hydrogens (tertiary/aromatic N) is 1. The van der Waals surface area contributed by atoms with E-state index in [9.17, 15) is 4.79 Å². The molecule has 0 bridgehead atoms. The standard InChI is InChI=1S/C17H25NO/c1-14-8-9-17(19)16(12-14)13-18(2)11-10-15-6-4-3-5-7-15/h3-7,14,16H,8-13H2,1-2H3. The van der Waals surface area contributed by atoms with Crippen LogP contribution >= 0.6 is 0 Å². The van der Waals surface area contributed by atoms with Gasteiger partial charge in [-0.15, -0.1) is 0 Å². The summed E-state index contributed by atoms with van der Waals surface area (Å²) in [5, 5.41) is 0. The van der Waals surface area contributed by atoms with Crippen molar-refractivity contribution in [1.29, 1.82) is 0 Å². The van der Waals surface area contributed by atoms with Gasteiger partial charge in [-0.3, -0.25) is 4.79 Å². The van der Waals surface area contributed by atoms with E-state index >= 15 is 0 Å². The molecule has 0 aromatic heterocycles. The van der Waals surface area contributed by atoms with E-state index in [2.05, 4.69) is 49.2 Å². The van der Waals surface area contributed by atoms with E-state index in [1.165, 1.54) is 5.56 Å². The molecular formula is C17H25NO. The van der Waals surface area contributed by atoms with Crippen LogP contribution in [0.4, 0.5) is 0 Å². The molecule has 0 heterocycles. The van der Waals surface area contributed by atoms with Gasteiger partial charge in [0.1, 0.15) is 5.78 Å². The predicted octanol–water partition coefficient (Wildman–Crippen LogP) is 3.17. The minimum Gasteiger partial charge on any atom is -0.305 e. The third-order valence-electron chi connectivity index (χ3n) is 4.18. The molecule has 2 heteroatoms. The molecule has 19 heavy (non-hydrogen) atoms. The summed E-state index contributed by atoms with van der Waals surface area (Å²) in [5.74, 6) is 1.46. The average Bonchev–Trinajstić information content (AvgIpc) is 2.42. The molecule has 0 amide bonds. The van der Waals surface area contributed by atoms with Gasteiger partial charge < -0.3 is 4.90 Å². The zero-order valence-electron chi connectivity index (χ0n) is 12.1. The highest BCUT2D eigenvalue weighted by molar-refractivity contribution is 5.81. The molecule has 0 N–H and O–H groups in total. The first-order valence-electron chi connectivity index (χ1n) is 7.40. The van der Waals surface area contributed by atoms with Crippen molar-refractivity contribution in [1.82, 2.24) is 4.90 Å². The highest BCUT2D eigenvalue weighted by Crippen LogP contribution is 2.26. The van der Waals surface area contributed by atoms with Gasteiger partial charge >= 0.3 is 0 Å². The molecule has 0 spiro atoms. The van der Waals surface area contributed by atoms with Crippen LogP contribution in [-0.2, 0) is 11.2 Å². The number of likely N-dealkylation sites (N-methyl/N-ethyl adjacent to an activating group) is 1. The summed E-state index contributed by atoms with van der Waals surface area (Å²) in [6.07, 6.45) is 4.02. The second-order valence-corrected chi connectivity index (χ2v) is 6.04. The number of rotatable bonds is 5. The Morgan fingerprint density at radius 2 is 2.00 bits per heavy atom. The fourth-order valence-electron chi connectivity index (χ4n) is 2.94. The molecule has 1 aliphatic carbocycles. The molecule has 0 saturated heterocycles. The lowest BCUT2D eigenvalue weighted by Gasteiger charge is -2.29. The second-order valence-electron chi connectivity index (χ2n) is 6.04. The number of ketones is 1. The van der Waals surface area contributed by atoms with Crippen LogP contribution in [0.25, 0.3) is 0 Å². The van der Waals surface area contributed by atoms with Crippen molar-refractivity contribution in [2.45, 2.75) is 32.6 Å². The molecule has 1 aliphatic rings. The van der Waals surface area contributed by atoms with Gasteiger partial charge in [-0.1, -0.05) is 37.3 Å². The van der Waals surface area contributed by atoms with Crippen LogP contribution in [0.5, 0.6) is 0 Å². The molecule has 2 nitrogen and oxygen atoms in total. The average molecular weight is 259 g/mol. The first-order chi connectivity index (χ1) is 9.15. The molecular weight excluding hydrogens is 234 g/mol. The first kappa shape index (κ1) is 14.3. The molecule has 0 aliphatic heterocycles. The number of hydrogen-bond donors (Lipinski definition) is 0. The SMILES string of the molecule is CC1CCC(=O)C(CN(C)CCc2ccccc2)C1. The maximum Gasteiger partial charge on any atom is 0.137 e. The summed E-state index contributed by atoms with van der Waals surface area (Å²) in [5.41, 5.74) is 1.37. The Hall–Kier alpha value is -1.15. The van der Waals surface area contributed by atoms with Gasteiger partial charge in [0.15, 0.2) is 0 Å². The summed E-state index contributed by atoms with van der Waals surface area (Å²) in [6, 6.07) is 10.6. The van der Waals surface area contributed by atoms with E-state index in [-0.39, 0.29) is 5.92 Å². The first-order valence-corrected chi connectivity index (χ1v) is 7.40. The van der Waals surface area contributed by atoms with Crippen LogP contribution in [0, 0.1) is 11.8 Å². The molecule has 2 unspecified atom stereocenters. The lowest BCUT2D eigenvalue weighted by molar-refractivity contribution is -0.126. The fourth-order valence-corrected chi connectivity index (χ4v) is 2.94. The normalized spacial score (nSPS) is 23.8. The van der Waals surface area contributed by atoms with Crippen LogP contribution in [0.2, 0.25) is 0 Å². The Kier molecular flexibility index (Phi) is 5.15. The number of Topliss-reactive ketones (excluding diaryl/α,β-unsaturated/α-hetero) is 1. The number of benzene rings is 1. The molecule has 104 valence electrons. The second kappa shape index (κ2) is 6.85. The van der Waals surface area contributed by atoms with E-state index in [0.717, 1.165) is 38.8 Å². The third-order valence-corrected chi connectivity index (χ3v) is 4.18. The van der Waals surface area contributed by atoms with Crippen LogP contribution in [-0.4, -0.2) is 30.8 Å². The maximum absolute atomic E-state index is 11.9. The molecule has 1 saturated carbocycles. The Morgan fingerprint density at radius 1 is 1.26 bits per heavy atom. The fraction of sp³-hybridized carbons (Fsp3) is 0.588. The highest BCUT2D eigenvalue weighted by Gasteiger charge is 2.27. The topological polar surface area (TPSA) is 20.3 Å². The highest BCUT2D eigenvalue weighted by atomic mass is 16.1. The minimum atomic E-state index is 0.268. The van der Waals surface area contributed by atoms with Crippen LogP contribution in [0.1, 0.15) is 31.7 Å². The summed E-state index contributed by atoms with van der Waals surface area (Å²) in [7, 11) is 2.13. The summed E-state index contributed by atoms with van der Waals surface area (Å²) < 4.78 is 0. The van der Waals surface area contributed by atoms with E-state index in [1.807, 2.05) is 0 Å². The van der Waals surface area contributed by atoms with Gasteiger partial charge in [-0.25, -0.2) is 0 Å². The van der Waals surface area contributed by atoms with E-state index in [1.54, 1.807) is 0 Å². The molecule has 1 aromatic carbocycles. The Balaban J connectivity index is 1.77. The maximum atomic E-state index is 11.9. The van der Waals surface area contributed by atoms with Crippen LogP contribution in [0.3, 0.4) is 0 Å². The molecule has 2 rings (SSSR count). The molecule has 2 atom stereocenters. The number of carbonyl (C=O) groups excluding carboxylic acids is 1. The Morgan fingerprint density at radius 3 is 2.74 bits per heavy atom. The van der Waals surface area contributed by atoms with E-state index < -0.39 is 0 Å². The van der Waals surface area contributed by atoms with Gasteiger partial charge in [-0.05, 0) is 37.8 Å². The monoisotopic (exact) mass is 259 g/mol. The zero-order valence-corrected chi connectivity index (χ0v) is 12.1. The van der Waals surface area contributed by atoms with Crippen molar-refractivity contribution in [3.8, 4) is 0 Å². The Labute approximate surface area is 116 Å². The van der Waals surface area contributed by atoms with Crippen molar-refractivity contribution >= 4 is 5.78 Å². The van der Waals surface area contributed by atoms with Crippen molar-refractivity contribution in [3.05, 3.63) is 35.9 Å². The lowest BCUT2D eigenvalue weighted by atomic mass is 9.81. The van der Waals surface area contributed by atoms with Crippen molar-refractivity contribution in [2.75, 3.05) is 20.1 Å². The third kappa shape index (κ3) is 4.46. The lowest BCUT2D eigenvalue weighted by Crippen LogP contribution is -2.35. The van der Waals surface area contributed by atoms with Gasteiger partial charge in [0, 0.05) is 25.4 Å². The number of hydrogen-bond acceptors (Lipinski definition) is 2. The van der Waals surface area contributed by atoms with Crippen LogP contribution < -0.4 is 0 Å². The number of carbonyl (C=O) groups is 1. The molecule has 0 radical (unpaired) electrons. The van der Waals surface area contributed by atoms with Gasteiger partial charge in [-0.2, -0.15) is 0 Å². The summed E-state index contributed by atoms with van der Waals surface area (Å²) in [6.45, 7) is 4.22. The van der Waals surface area contributed by atoms with Gasteiger partial charge in [0.05, 0.1) is 0 Å². The van der Waals surface area contributed by atoms with Crippen LogP contribution in [0.15, 0.2) is 30.3 Å². The van der Waals surface area contributed by atoms with Crippen molar-refractivity contribution in [3.63, 3.8) is 0 Å². The molecule has 1 fully saturated rings. The zero-order chi connectivity index (χ0) is 13.7. The Bertz CT molecular complexity index is 401. The van der Waals surface area contributed by atoms with Crippen molar-refractivity contribution in [2.24, 2.45) is 11.8 Å². The smallest absolute Gasteiger partial charge is 0.137 e. The largest absolute Gasteiger partial charge is 0.305 e. The summed E-state index contributed by atoms with van der Waals surface area (Å²) >= 11 is 0. The minimum absolute atomic E-state index is 0.268. The van der Waals surface area contributed by atoms with E-state index in [0.29, 0.717) is 11.7 Å². The summed E-state index contributed by atoms with van der Waals surface area (Å²) in [4.78, 5) is 14.2. The molecule has 1 aromatic rings. The predicted molar refractivity (Wildman–Crippen MR) is 79.2 cm³/mol. The van der Waals surface area contributed by atoms with E-state index in [4.69, 9.17) is 0 Å².